The van der Waals surface area contributed by atoms with Crippen molar-refractivity contribution < 1.29 is 9.47 Å². The van der Waals surface area contributed by atoms with E-state index in [4.69, 9.17) is 20.1 Å². The molecule has 1 saturated heterocycles. The van der Waals surface area contributed by atoms with E-state index in [1.54, 1.807) is 0 Å². The predicted molar refractivity (Wildman–Crippen MR) is 74.7 cm³/mol. The number of nitriles is 1. The van der Waals surface area contributed by atoms with Crippen molar-refractivity contribution in [3.8, 4) is 6.07 Å². The molecule has 6 heteroatoms. The smallest absolute Gasteiger partial charge is 0.144 e. The first-order valence-corrected chi connectivity index (χ1v) is 6.49. The van der Waals surface area contributed by atoms with E-state index in [1.807, 2.05) is 12.3 Å². The van der Waals surface area contributed by atoms with E-state index in [2.05, 4.69) is 16.8 Å². The minimum absolute atomic E-state index is 0.272. The Morgan fingerprint density at radius 2 is 2.35 bits per heavy atom. The van der Waals surface area contributed by atoms with Crippen molar-refractivity contribution in [2.75, 3.05) is 26.3 Å². The molecule has 6 nitrogen and oxygen atoms in total. The predicted octanol–water partition coefficient (Wildman–Crippen LogP) is 1.11. The fourth-order valence-corrected chi connectivity index (χ4v) is 2.33. The largest absolute Gasteiger partial charge is 0.492 e. The third kappa shape index (κ3) is 3.00. The Labute approximate surface area is 118 Å². The minimum Gasteiger partial charge on any atom is -0.492 e. The van der Waals surface area contributed by atoms with Crippen LogP contribution >= 0.6 is 0 Å². The van der Waals surface area contributed by atoms with Gasteiger partial charge >= 0.3 is 0 Å². The highest BCUT2D eigenvalue weighted by molar-refractivity contribution is 5.82. The van der Waals surface area contributed by atoms with Gasteiger partial charge in [-0.05, 0) is 0 Å². The third-order valence-corrected chi connectivity index (χ3v) is 3.34. The normalized spacial score (nSPS) is 24.9. The van der Waals surface area contributed by atoms with Crippen molar-refractivity contribution in [3.63, 3.8) is 0 Å². The van der Waals surface area contributed by atoms with Crippen molar-refractivity contribution in [1.82, 2.24) is 10.2 Å². The zero-order valence-corrected chi connectivity index (χ0v) is 11.3. The van der Waals surface area contributed by atoms with Gasteiger partial charge in [0, 0.05) is 37.6 Å². The van der Waals surface area contributed by atoms with Crippen molar-refractivity contribution >= 4 is 6.21 Å². The van der Waals surface area contributed by atoms with Crippen LogP contribution in [0.2, 0.25) is 0 Å². The molecule has 0 aromatic rings. The Hall–Kier alpha value is -2.26. The van der Waals surface area contributed by atoms with E-state index in [9.17, 15) is 0 Å². The zero-order chi connectivity index (χ0) is 14.4. The molecule has 0 amide bonds. The molecule has 0 saturated carbocycles. The second kappa shape index (κ2) is 6.78. The summed E-state index contributed by atoms with van der Waals surface area (Å²) in [6.07, 6.45) is 4.62. The van der Waals surface area contributed by atoms with Gasteiger partial charge in [0.2, 0.25) is 0 Å². The molecular formula is C14H18N4O2. The maximum atomic E-state index is 9.05. The summed E-state index contributed by atoms with van der Waals surface area (Å²) < 4.78 is 10.8. The molecule has 2 heterocycles. The lowest BCUT2D eigenvalue weighted by Gasteiger charge is -2.35. The van der Waals surface area contributed by atoms with Gasteiger partial charge in [0.05, 0.1) is 30.7 Å². The van der Waals surface area contributed by atoms with E-state index >= 15 is 0 Å². The van der Waals surface area contributed by atoms with Gasteiger partial charge in [0.25, 0.3) is 0 Å². The Balaban J connectivity index is 2.21. The van der Waals surface area contributed by atoms with Gasteiger partial charge < -0.3 is 25.1 Å². The fourth-order valence-electron chi connectivity index (χ4n) is 2.33. The summed E-state index contributed by atoms with van der Waals surface area (Å²) in [7, 11) is 0. The Kier molecular flexibility index (Phi) is 4.80. The van der Waals surface area contributed by atoms with E-state index in [0.29, 0.717) is 12.1 Å². The summed E-state index contributed by atoms with van der Waals surface area (Å²) in [6.45, 7) is 6.71. The van der Waals surface area contributed by atoms with Crippen molar-refractivity contribution in [3.05, 3.63) is 36.0 Å². The lowest BCUT2D eigenvalue weighted by atomic mass is 10.0. The number of rotatable bonds is 4. The van der Waals surface area contributed by atoms with E-state index in [1.165, 1.54) is 6.26 Å². The van der Waals surface area contributed by atoms with Crippen LogP contribution in [0.3, 0.4) is 0 Å². The first-order valence-electron chi connectivity index (χ1n) is 6.49. The van der Waals surface area contributed by atoms with Gasteiger partial charge in [-0.3, -0.25) is 0 Å². The van der Waals surface area contributed by atoms with Gasteiger partial charge in [0.1, 0.15) is 12.2 Å². The van der Waals surface area contributed by atoms with Crippen molar-refractivity contribution in [1.29, 1.82) is 10.7 Å². The van der Waals surface area contributed by atoms with Crippen LogP contribution in [0.1, 0.15) is 6.42 Å². The summed E-state index contributed by atoms with van der Waals surface area (Å²) in [5, 5.41) is 19.4. The molecule has 106 valence electrons. The second-order valence-corrected chi connectivity index (χ2v) is 4.46. The molecular weight excluding hydrogens is 256 g/mol. The maximum Gasteiger partial charge on any atom is 0.144 e. The monoisotopic (exact) mass is 274 g/mol. The molecule has 1 fully saturated rings. The fraction of sp³-hybridized carbons (Fsp3) is 0.429. The molecule has 0 bridgehead atoms. The minimum atomic E-state index is -0.313. The van der Waals surface area contributed by atoms with E-state index in [-0.39, 0.29) is 11.7 Å². The number of hydrogen-bond donors (Lipinski definition) is 2. The molecule has 2 aliphatic heterocycles. The number of hydrogen-bond acceptors (Lipinski definition) is 6. The number of morpholine rings is 1. The Bertz CT molecular complexity index is 484. The summed E-state index contributed by atoms with van der Waals surface area (Å²) in [4.78, 5) is 2.24. The summed E-state index contributed by atoms with van der Waals surface area (Å²) in [6, 6.07) is 2.00. The highest BCUT2D eigenvalue weighted by Gasteiger charge is 2.27. The van der Waals surface area contributed by atoms with Crippen molar-refractivity contribution in [2.24, 2.45) is 0 Å². The van der Waals surface area contributed by atoms with Crippen LogP contribution in [0.4, 0.5) is 0 Å². The molecule has 0 radical (unpaired) electrons. The first-order chi connectivity index (χ1) is 9.80. The van der Waals surface area contributed by atoms with Gasteiger partial charge in [-0.1, -0.05) is 6.58 Å². The number of nitrogens with one attached hydrogen (secondary N) is 2. The zero-order valence-electron chi connectivity index (χ0n) is 11.3. The third-order valence-electron chi connectivity index (χ3n) is 3.34. The average molecular weight is 274 g/mol. The molecule has 2 rings (SSSR count). The Morgan fingerprint density at radius 3 is 2.95 bits per heavy atom. The molecule has 0 aromatic heterocycles. The molecule has 0 spiro atoms. The van der Waals surface area contributed by atoms with Crippen LogP contribution < -0.4 is 5.32 Å². The van der Waals surface area contributed by atoms with Crippen LogP contribution in [0.5, 0.6) is 0 Å². The lowest BCUT2D eigenvalue weighted by Crippen LogP contribution is -2.40. The summed E-state index contributed by atoms with van der Waals surface area (Å²) in [5.74, 6) is 0. The molecule has 1 atom stereocenters. The van der Waals surface area contributed by atoms with Crippen molar-refractivity contribution in [2.45, 2.75) is 12.5 Å². The highest BCUT2D eigenvalue weighted by atomic mass is 16.5. The van der Waals surface area contributed by atoms with Gasteiger partial charge in [0.15, 0.2) is 0 Å². The van der Waals surface area contributed by atoms with Crippen LogP contribution in [0, 0.1) is 16.7 Å². The van der Waals surface area contributed by atoms with Crippen LogP contribution in [-0.2, 0) is 9.47 Å². The standard InChI is InChI=1S/C14H18N4O2/c1-2-20-13-7-12(18-3-5-19-6-4-18)10-17-14(13)11(8-15)9-16/h2,8,10,13,15,17H,1,3-7H2/b14-11+,15-8?. The quantitative estimate of drug-likeness (QED) is 0.456. The summed E-state index contributed by atoms with van der Waals surface area (Å²) >= 11 is 0. The van der Waals surface area contributed by atoms with E-state index in [0.717, 1.165) is 38.2 Å². The number of ether oxygens (including phenoxy) is 2. The molecule has 0 aromatic carbocycles. The molecule has 2 aliphatic rings. The molecule has 20 heavy (non-hydrogen) atoms. The maximum absolute atomic E-state index is 9.05. The second-order valence-electron chi connectivity index (χ2n) is 4.46. The van der Waals surface area contributed by atoms with E-state index < -0.39 is 0 Å². The van der Waals surface area contributed by atoms with Crippen LogP contribution in [-0.4, -0.2) is 43.5 Å². The topological polar surface area (TPSA) is 81.4 Å². The van der Waals surface area contributed by atoms with Gasteiger partial charge in [-0.25, -0.2) is 0 Å². The van der Waals surface area contributed by atoms with Gasteiger partial charge in [-0.15, -0.1) is 0 Å². The molecule has 1 unspecified atom stereocenters. The van der Waals surface area contributed by atoms with Crippen LogP contribution in [0.25, 0.3) is 0 Å². The summed E-state index contributed by atoms with van der Waals surface area (Å²) in [5.41, 5.74) is 2.00. The first kappa shape index (κ1) is 14.2. The molecule has 2 N–H and O–H groups in total. The lowest BCUT2D eigenvalue weighted by molar-refractivity contribution is 0.0466. The van der Waals surface area contributed by atoms with Gasteiger partial charge in [-0.2, -0.15) is 5.26 Å². The number of allylic oxidation sites excluding steroid dienone is 1. The number of nitrogens with zero attached hydrogens (tertiary/aromatic N) is 2. The SMILES string of the molecule is C=COC1CC(N2CCOCC2)=CN/C1=C(/C#N)C=N. The molecule has 0 aliphatic carbocycles. The highest BCUT2D eigenvalue weighted by Crippen LogP contribution is 2.24. The van der Waals surface area contributed by atoms with Crippen LogP contribution in [0.15, 0.2) is 36.0 Å². The average Bonchev–Trinajstić information content (AvgIpc) is 2.51. The Morgan fingerprint density at radius 1 is 1.60 bits per heavy atom.